The van der Waals surface area contributed by atoms with Crippen molar-refractivity contribution in [1.82, 2.24) is 19.9 Å². The molecule has 1 amide bonds. The fraction of sp³-hybridized carbons (Fsp3) is 0.320. The molecule has 3 aromatic heterocycles. The largest absolute Gasteiger partial charge is 0.465 e. The summed E-state index contributed by atoms with van der Waals surface area (Å²) in [6.45, 7) is 9.67. The third-order valence-electron chi connectivity index (χ3n) is 5.69. The van der Waals surface area contributed by atoms with Crippen molar-refractivity contribution in [2.75, 3.05) is 10.2 Å². The second-order valence-electron chi connectivity index (χ2n) is 9.36. The zero-order valence-corrected chi connectivity index (χ0v) is 22.1. The summed E-state index contributed by atoms with van der Waals surface area (Å²) in [6.07, 6.45) is 0.658. The number of halogens is 2. The van der Waals surface area contributed by atoms with E-state index in [0.29, 0.717) is 57.5 Å². The Kier molecular flexibility index (Phi) is 7.06. The van der Waals surface area contributed by atoms with Gasteiger partial charge in [-0.3, -0.25) is 4.90 Å². The average molecular weight is 529 g/mol. The lowest BCUT2D eigenvalue weighted by atomic mass is 10.0. The fourth-order valence-corrected chi connectivity index (χ4v) is 4.51. The highest BCUT2D eigenvalue weighted by atomic mass is 35.5. The number of nitrogens with one attached hydrogen (secondary N) is 1. The number of pyridine rings is 1. The number of nitrogens with zero attached hydrogens (tertiary/aromatic N) is 5. The van der Waals surface area contributed by atoms with Crippen molar-refractivity contribution in [1.29, 1.82) is 0 Å². The molecule has 2 N–H and O–H groups in total. The first-order valence-corrected chi connectivity index (χ1v) is 12.0. The molecule has 1 aromatic carbocycles. The van der Waals surface area contributed by atoms with E-state index >= 15 is 0 Å². The first-order valence-electron chi connectivity index (χ1n) is 11.2. The smallest absolute Gasteiger partial charge is 0.413 e. The van der Waals surface area contributed by atoms with Crippen LogP contribution in [0.4, 0.5) is 16.4 Å². The molecule has 0 fully saturated rings. The van der Waals surface area contributed by atoms with Crippen molar-refractivity contribution in [3.05, 3.63) is 68.9 Å². The number of amides is 1. The number of aromatic nitrogens is 4. The first kappa shape index (κ1) is 25.7. The first-order chi connectivity index (χ1) is 17.0. The van der Waals surface area contributed by atoms with Gasteiger partial charge in [0, 0.05) is 27.8 Å². The molecule has 0 bridgehead atoms. The van der Waals surface area contributed by atoms with Gasteiger partial charge in [-0.1, -0.05) is 29.3 Å². The van der Waals surface area contributed by atoms with Crippen molar-refractivity contribution in [3.63, 3.8) is 0 Å². The molecule has 4 aromatic rings. The van der Waals surface area contributed by atoms with Gasteiger partial charge in [0.25, 0.3) is 5.71 Å². The molecule has 0 spiro atoms. The molecule has 0 unspecified atom stereocenters. The maximum atomic E-state index is 11.9. The van der Waals surface area contributed by atoms with E-state index in [1.165, 1.54) is 11.2 Å². The van der Waals surface area contributed by atoms with Crippen LogP contribution in [0.2, 0.25) is 10.0 Å². The molecule has 4 rings (SSSR count). The second kappa shape index (κ2) is 9.91. The number of carbonyl (C=O) groups is 1. The summed E-state index contributed by atoms with van der Waals surface area (Å²) in [5, 5.41) is 14.1. The molecular formula is C25H26Cl2N6O3. The zero-order valence-electron chi connectivity index (χ0n) is 20.6. The number of oxazole rings is 1. The summed E-state index contributed by atoms with van der Waals surface area (Å²) in [5.74, 6) is 1.31. The quantitative estimate of drug-likeness (QED) is 0.294. The minimum Gasteiger partial charge on any atom is -0.465 e. The van der Waals surface area contributed by atoms with E-state index in [0.717, 1.165) is 16.7 Å². The third-order valence-corrected chi connectivity index (χ3v) is 6.40. The molecule has 9 nitrogen and oxygen atoms in total. The molecule has 0 aliphatic carbocycles. The molecule has 0 atom stereocenters. The summed E-state index contributed by atoms with van der Waals surface area (Å²) in [7, 11) is 0. The van der Waals surface area contributed by atoms with Crippen LogP contribution in [0.3, 0.4) is 0 Å². The number of fused-ring (bicyclic) bond motifs is 1. The Morgan fingerprint density at radius 1 is 1.11 bits per heavy atom. The normalized spacial score (nSPS) is 11.6. The Balaban J connectivity index is 1.59. The minimum atomic E-state index is -1.05. The molecule has 36 heavy (non-hydrogen) atoms. The van der Waals surface area contributed by atoms with Crippen molar-refractivity contribution in [2.24, 2.45) is 0 Å². The maximum Gasteiger partial charge on any atom is 0.413 e. The number of rotatable bonds is 6. The summed E-state index contributed by atoms with van der Waals surface area (Å²) in [5.41, 5.74) is 3.46. The molecule has 11 heteroatoms. The average Bonchev–Trinajstić information content (AvgIpc) is 3.18. The van der Waals surface area contributed by atoms with Gasteiger partial charge in [-0.05, 0) is 69.5 Å². The van der Waals surface area contributed by atoms with Crippen LogP contribution in [-0.4, -0.2) is 36.7 Å². The van der Waals surface area contributed by atoms with Gasteiger partial charge < -0.3 is 14.8 Å². The van der Waals surface area contributed by atoms with Crippen LogP contribution in [-0.2, 0) is 13.0 Å². The minimum absolute atomic E-state index is 0.311. The van der Waals surface area contributed by atoms with Gasteiger partial charge >= 0.3 is 6.09 Å². The van der Waals surface area contributed by atoms with Crippen molar-refractivity contribution >= 4 is 52.2 Å². The summed E-state index contributed by atoms with van der Waals surface area (Å²) in [6, 6.07) is 7.08. The van der Waals surface area contributed by atoms with Crippen molar-refractivity contribution < 1.29 is 14.3 Å². The van der Waals surface area contributed by atoms with E-state index in [-0.39, 0.29) is 0 Å². The molecule has 0 aliphatic heterocycles. The maximum absolute atomic E-state index is 11.9. The lowest BCUT2D eigenvalue weighted by molar-refractivity contribution is 0.195. The van der Waals surface area contributed by atoms with Crippen LogP contribution in [0.1, 0.15) is 49.0 Å². The summed E-state index contributed by atoms with van der Waals surface area (Å²) in [4.78, 5) is 30.8. The van der Waals surface area contributed by atoms with Gasteiger partial charge in [0.1, 0.15) is 12.1 Å². The molecule has 0 aliphatic rings. The Morgan fingerprint density at radius 3 is 2.42 bits per heavy atom. The van der Waals surface area contributed by atoms with Crippen LogP contribution in [0.15, 0.2) is 35.0 Å². The van der Waals surface area contributed by atoms with E-state index in [1.807, 2.05) is 34.6 Å². The van der Waals surface area contributed by atoms with Crippen molar-refractivity contribution in [3.8, 4) is 0 Å². The highest BCUT2D eigenvalue weighted by molar-refractivity contribution is 6.36. The number of anilines is 2. The van der Waals surface area contributed by atoms with Gasteiger partial charge in [-0.2, -0.15) is 4.98 Å². The second-order valence-corrected chi connectivity index (χ2v) is 10.2. The number of carboxylic acid groups (broad SMARTS) is 1. The van der Waals surface area contributed by atoms with Gasteiger partial charge in [-0.15, -0.1) is 0 Å². The number of benzene rings is 1. The fourth-order valence-electron chi connectivity index (χ4n) is 3.97. The van der Waals surface area contributed by atoms with E-state index < -0.39 is 11.6 Å². The molecular weight excluding hydrogens is 503 g/mol. The highest BCUT2D eigenvalue weighted by Gasteiger charge is 2.29. The molecule has 0 saturated carbocycles. The summed E-state index contributed by atoms with van der Waals surface area (Å²) < 4.78 is 5.83. The third kappa shape index (κ3) is 5.22. The van der Waals surface area contributed by atoms with Crippen LogP contribution in [0, 0.1) is 13.8 Å². The Bertz CT molecular complexity index is 1400. The Labute approximate surface area is 218 Å². The van der Waals surface area contributed by atoms with E-state index in [2.05, 4.69) is 25.3 Å². The van der Waals surface area contributed by atoms with Crippen LogP contribution in [0.5, 0.6) is 0 Å². The SMILES string of the molecule is Cc1cc(N(C(=O)O)C(C)(C)C)nc(C)c1CNc1ncnc2oc(Cc3c(Cl)cccc3Cl)nc12. The number of hydrogen-bond donors (Lipinski definition) is 2. The zero-order chi connectivity index (χ0) is 26.2. The molecule has 0 radical (unpaired) electrons. The molecule has 0 saturated heterocycles. The van der Waals surface area contributed by atoms with E-state index in [1.54, 1.807) is 24.3 Å². The van der Waals surface area contributed by atoms with Gasteiger partial charge in [0.15, 0.2) is 11.3 Å². The number of hydrogen-bond acceptors (Lipinski definition) is 7. The van der Waals surface area contributed by atoms with Gasteiger partial charge in [-0.25, -0.2) is 19.7 Å². The summed E-state index contributed by atoms with van der Waals surface area (Å²) >= 11 is 12.6. The Hall–Kier alpha value is -3.43. The standard InChI is InChI=1S/C25H26Cl2N6O3/c1-13-9-19(33(24(34)35)25(3,4)5)31-14(2)16(13)11-28-22-21-23(30-12-29-22)36-20(32-21)10-15-17(26)7-6-8-18(15)27/h6-9,12H,10-11H2,1-5H3,(H,34,35)(H,28,29,30). The van der Waals surface area contributed by atoms with Crippen molar-refractivity contribution in [2.45, 2.75) is 53.1 Å². The van der Waals surface area contributed by atoms with E-state index in [4.69, 9.17) is 27.6 Å². The lowest BCUT2D eigenvalue weighted by Crippen LogP contribution is -2.45. The predicted octanol–water partition coefficient (Wildman–Crippen LogP) is 6.42. The Morgan fingerprint density at radius 2 is 1.81 bits per heavy atom. The number of aryl methyl sites for hydroxylation is 2. The highest BCUT2D eigenvalue weighted by Crippen LogP contribution is 2.29. The molecule has 188 valence electrons. The predicted molar refractivity (Wildman–Crippen MR) is 140 cm³/mol. The van der Waals surface area contributed by atoms with E-state index in [9.17, 15) is 9.90 Å². The van der Waals surface area contributed by atoms with Crippen LogP contribution < -0.4 is 10.2 Å². The molecule has 3 heterocycles. The van der Waals surface area contributed by atoms with Gasteiger partial charge in [0.05, 0.1) is 6.42 Å². The van der Waals surface area contributed by atoms with Crippen LogP contribution in [0.25, 0.3) is 11.2 Å². The topological polar surface area (TPSA) is 117 Å². The van der Waals surface area contributed by atoms with Gasteiger partial charge in [0.2, 0.25) is 5.89 Å². The lowest BCUT2D eigenvalue weighted by Gasteiger charge is -2.32. The monoisotopic (exact) mass is 528 g/mol. The van der Waals surface area contributed by atoms with Crippen LogP contribution >= 0.6 is 23.2 Å².